The molecule has 12 heteroatoms. The summed E-state index contributed by atoms with van der Waals surface area (Å²) in [6, 6.07) is 4.20. The molecule has 3 rings (SSSR count). The number of hydrogen-bond acceptors (Lipinski definition) is 6. The van der Waals surface area contributed by atoms with E-state index in [0.29, 0.717) is 17.3 Å². The number of urea groups is 1. The van der Waals surface area contributed by atoms with Gasteiger partial charge < -0.3 is 10.6 Å². The third kappa shape index (κ3) is 4.74. The number of nitrogens with one attached hydrogen (secondary N) is 3. The van der Waals surface area contributed by atoms with Gasteiger partial charge in [-0.1, -0.05) is 29.0 Å². The number of anilines is 3. The van der Waals surface area contributed by atoms with Crippen LogP contribution >= 0.6 is 22.9 Å². The van der Waals surface area contributed by atoms with Crippen molar-refractivity contribution >= 4 is 45.7 Å². The first-order valence-corrected chi connectivity index (χ1v) is 9.31. The van der Waals surface area contributed by atoms with Crippen molar-refractivity contribution in [1.29, 1.82) is 0 Å². The molecule has 0 bridgehead atoms. The van der Waals surface area contributed by atoms with E-state index in [1.807, 2.05) is 0 Å². The second-order valence-corrected chi connectivity index (χ2v) is 7.07. The Morgan fingerprint density at radius 1 is 1.17 bits per heavy atom. The topological polar surface area (TPSA) is 91.8 Å². The standard InChI is InChI=1S/C17H14ClF3N6OS/c1-8-13(11-6-7-23-14(22-2)25-11)29-16(24-8)27-15(28)26-10-5-3-4-9(12(10)18)17(19,20)21/h3-7H,1-2H3,(H,22,23,25)(H2,24,26,27,28). The van der Waals surface area contributed by atoms with E-state index in [-0.39, 0.29) is 10.8 Å². The van der Waals surface area contributed by atoms with Gasteiger partial charge in [0.05, 0.1) is 32.5 Å². The molecule has 0 spiro atoms. The minimum atomic E-state index is -4.63. The quantitative estimate of drug-likeness (QED) is 0.512. The molecule has 29 heavy (non-hydrogen) atoms. The molecule has 3 aromatic rings. The Kier molecular flexibility index (Phi) is 5.89. The number of carbonyl (C=O) groups excluding carboxylic acids is 1. The SMILES string of the molecule is CNc1nccc(-c2sc(NC(=O)Nc3cccc(C(F)(F)F)c3Cl)nc2C)n1. The molecule has 0 unspecified atom stereocenters. The van der Waals surface area contributed by atoms with Crippen molar-refractivity contribution in [2.75, 3.05) is 23.0 Å². The molecule has 2 heterocycles. The van der Waals surface area contributed by atoms with Crippen LogP contribution in [0.25, 0.3) is 10.6 Å². The maximum Gasteiger partial charge on any atom is 0.417 e. The van der Waals surface area contributed by atoms with E-state index in [2.05, 4.69) is 30.9 Å². The molecule has 0 saturated carbocycles. The van der Waals surface area contributed by atoms with Crippen LogP contribution in [0.4, 0.5) is 34.7 Å². The van der Waals surface area contributed by atoms with Crippen molar-refractivity contribution in [1.82, 2.24) is 15.0 Å². The molecule has 0 saturated heterocycles. The maximum absolute atomic E-state index is 12.9. The maximum atomic E-state index is 12.9. The third-order valence-corrected chi connectivity index (χ3v) is 5.18. The minimum absolute atomic E-state index is 0.165. The number of amides is 2. The van der Waals surface area contributed by atoms with E-state index in [1.165, 1.54) is 17.4 Å². The number of alkyl halides is 3. The molecule has 0 aliphatic heterocycles. The van der Waals surface area contributed by atoms with E-state index in [4.69, 9.17) is 11.6 Å². The highest BCUT2D eigenvalue weighted by atomic mass is 35.5. The van der Waals surface area contributed by atoms with E-state index in [9.17, 15) is 18.0 Å². The van der Waals surface area contributed by atoms with Crippen LogP contribution in [-0.4, -0.2) is 28.0 Å². The summed E-state index contributed by atoms with van der Waals surface area (Å²) < 4.78 is 38.8. The fourth-order valence-electron chi connectivity index (χ4n) is 2.39. The highest BCUT2D eigenvalue weighted by Crippen LogP contribution is 2.38. The molecular formula is C17H14ClF3N6OS. The number of thiazole rings is 1. The second kappa shape index (κ2) is 8.21. The lowest BCUT2D eigenvalue weighted by Crippen LogP contribution is -2.20. The van der Waals surface area contributed by atoms with Crippen molar-refractivity contribution in [3.8, 4) is 10.6 Å². The summed E-state index contributed by atoms with van der Waals surface area (Å²) in [4.78, 5) is 25.6. The van der Waals surface area contributed by atoms with Crippen molar-refractivity contribution in [3.63, 3.8) is 0 Å². The Labute approximate surface area is 172 Å². The number of rotatable bonds is 4. The van der Waals surface area contributed by atoms with E-state index in [1.54, 1.807) is 26.2 Å². The molecule has 2 aromatic heterocycles. The summed E-state index contributed by atoms with van der Waals surface area (Å²) in [7, 11) is 1.69. The molecule has 7 nitrogen and oxygen atoms in total. The zero-order valence-electron chi connectivity index (χ0n) is 15.1. The van der Waals surface area contributed by atoms with Crippen molar-refractivity contribution < 1.29 is 18.0 Å². The lowest BCUT2D eigenvalue weighted by atomic mass is 10.2. The van der Waals surface area contributed by atoms with Crippen LogP contribution in [0, 0.1) is 6.92 Å². The summed E-state index contributed by atoms with van der Waals surface area (Å²) in [5.41, 5.74) is 0.0484. The van der Waals surface area contributed by atoms with Crippen LogP contribution in [0.3, 0.4) is 0 Å². The summed E-state index contributed by atoms with van der Waals surface area (Å²) in [5.74, 6) is 0.432. The number of carbonyl (C=O) groups is 1. The van der Waals surface area contributed by atoms with Gasteiger partial charge in [-0.3, -0.25) is 5.32 Å². The minimum Gasteiger partial charge on any atom is -0.357 e. The molecule has 3 N–H and O–H groups in total. The van der Waals surface area contributed by atoms with Crippen LogP contribution in [0.2, 0.25) is 5.02 Å². The summed E-state index contributed by atoms with van der Waals surface area (Å²) in [5, 5.41) is 7.30. The third-order valence-electron chi connectivity index (χ3n) is 3.68. The van der Waals surface area contributed by atoms with Crippen LogP contribution in [-0.2, 0) is 6.18 Å². The van der Waals surface area contributed by atoms with E-state index in [0.717, 1.165) is 17.0 Å². The van der Waals surface area contributed by atoms with Crippen LogP contribution < -0.4 is 16.0 Å². The van der Waals surface area contributed by atoms with Crippen LogP contribution in [0.5, 0.6) is 0 Å². The molecular weight excluding hydrogens is 429 g/mol. The van der Waals surface area contributed by atoms with Gasteiger partial charge in [0.25, 0.3) is 0 Å². The van der Waals surface area contributed by atoms with E-state index >= 15 is 0 Å². The fourth-order valence-corrected chi connectivity index (χ4v) is 3.60. The zero-order chi connectivity index (χ0) is 21.2. The van der Waals surface area contributed by atoms with Gasteiger partial charge in [-0.15, -0.1) is 0 Å². The lowest BCUT2D eigenvalue weighted by Gasteiger charge is -2.13. The van der Waals surface area contributed by atoms with Crippen molar-refractivity contribution in [3.05, 3.63) is 46.7 Å². The summed E-state index contributed by atoms with van der Waals surface area (Å²) in [6.07, 6.45) is -3.04. The highest BCUT2D eigenvalue weighted by molar-refractivity contribution is 7.19. The normalized spacial score (nSPS) is 11.2. The first kappa shape index (κ1) is 20.8. The number of nitrogens with zero attached hydrogens (tertiary/aromatic N) is 3. The number of hydrogen-bond donors (Lipinski definition) is 3. The van der Waals surface area contributed by atoms with Gasteiger partial charge in [0, 0.05) is 13.2 Å². The van der Waals surface area contributed by atoms with Gasteiger partial charge in [0.2, 0.25) is 5.95 Å². The van der Waals surface area contributed by atoms with Gasteiger partial charge in [-0.2, -0.15) is 13.2 Å². The Hall–Kier alpha value is -2.92. The zero-order valence-corrected chi connectivity index (χ0v) is 16.6. The average molecular weight is 443 g/mol. The molecule has 0 atom stereocenters. The Morgan fingerprint density at radius 3 is 2.62 bits per heavy atom. The first-order valence-electron chi connectivity index (χ1n) is 8.11. The second-order valence-electron chi connectivity index (χ2n) is 5.69. The smallest absolute Gasteiger partial charge is 0.357 e. The first-order chi connectivity index (χ1) is 13.7. The molecule has 1 aromatic carbocycles. The summed E-state index contributed by atoms with van der Waals surface area (Å²) >= 11 is 6.95. The van der Waals surface area contributed by atoms with Gasteiger partial charge in [0.1, 0.15) is 0 Å². The fraction of sp³-hybridized carbons (Fsp3) is 0.176. The van der Waals surface area contributed by atoms with Crippen molar-refractivity contribution in [2.45, 2.75) is 13.1 Å². The Morgan fingerprint density at radius 2 is 1.93 bits per heavy atom. The summed E-state index contributed by atoms with van der Waals surface area (Å²) in [6.45, 7) is 1.75. The van der Waals surface area contributed by atoms with Crippen LogP contribution in [0.1, 0.15) is 11.3 Å². The molecule has 0 fully saturated rings. The number of benzene rings is 1. The molecule has 2 amide bonds. The largest absolute Gasteiger partial charge is 0.417 e. The van der Waals surface area contributed by atoms with Crippen LogP contribution in [0.15, 0.2) is 30.5 Å². The number of halogens is 4. The predicted octanol–water partition coefficient (Wildman–Crippen LogP) is 5.27. The molecule has 0 aliphatic carbocycles. The predicted molar refractivity (Wildman–Crippen MR) is 107 cm³/mol. The molecule has 152 valence electrons. The van der Waals surface area contributed by atoms with E-state index < -0.39 is 22.8 Å². The van der Waals surface area contributed by atoms with Gasteiger partial charge in [0.15, 0.2) is 5.13 Å². The molecule has 0 radical (unpaired) electrons. The van der Waals surface area contributed by atoms with Gasteiger partial charge in [-0.05, 0) is 25.1 Å². The molecule has 0 aliphatic rings. The lowest BCUT2D eigenvalue weighted by molar-refractivity contribution is -0.137. The number of aryl methyl sites for hydroxylation is 1. The number of aromatic nitrogens is 3. The van der Waals surface area contributed by atoms with Crippen molar-refractivity contribution in [2.24, 2.45) is 0 Å². The monoisotopic (exact) mass is 442 g/mol. The highest BCUT2D eigenvalue weighted by Gasteiger charge is 2.34. The van der Waals surface area contributed by atoms with Gasteiger partial charge in [-0.25, -0.2) is 19.7 Å². The Balaban J connectivity index is 1.77. The van der Waals surface area contributed by atoms with Gasteiger partial charge >= 0.3 is 12.2 Å². The average Bonchev–Trinajstić information content (AvgIpc) is 3.02. The Bertz CT molecular complexity index is 1060.